The van der Waals surface area contributed by atoms with E-state index in [4.69, 9.17) is 14.2 Å². The van der Waals surface area contributed by atoms with Crippen LogP contribution in [-0.4, -0.2) is 43.5 Å². The second-order valence-corrected chi connectivity index (χ2v) is 6.79. The first kappa shape index (κ1) is 20.3. The predicted molar refractivity (Wildman–Crippen MR) is 110 cm³/mol. The van der Waals surface area contributed by atoms with Crippen LogP contribution in [0.3, 0.4) is 0 Å². The fourth-order valence-corrected chi connectivity index (χ4v) is 3.51. The van der Waals surface area contributed by atoms with Gasteiger partial charge in [-0.1, -0.05) is 12.1 Å². The quantitative estimate of drug-likeness (QED) is 0.699. The molecular formula is C20H18N2O6S. The standard InChI is InChI=1S/C20H18N2O6S/c1-26-14-8-11(9-15(27-2)17(14)28-3)10-16-18(23)22-20(29-16)21-13-7-5-4-6-12(13)19(24)25/h4-10H,1-3H3,(H,24,25)(H,21,22,23)/b16-10-. The number of carbonyl (C=O) groups excluding carboxylic acids is 1. The number of carboxylic acids is 1. The van der Waals surface area contributed by atoms with Crippen LogP contribution >= 0.6 is 11.8 Å². The van der Waals surface area contributed by atoms with Crippen molar-refractivity contribution in [3.8, 4) is 17.2 Å². The summed E-state index contributed by atoms with van der Waals surface area (Å²) in [5.74, 6) is -0.0475. The van der Waals surface area contributed by atoms with Crippen molar-refractivity contribution in [1.29, 1.82) is 0 Å². The van der Waals surface area contributed by atoms with Crippen LogP contribution in [0.25, 0.3) is 6.08 Å². The number of benzene rings is 2. The lowest BCUT2D eigenvalue weighted by Gasteiger charge is -2.12. The van der Waals surface area contributed by atoms with Gasteiger partial charge in [-0.25, -0.2) is 9.79 Å². The second kappa shape index (κ2) is 8.70. The Hall–Kier alpha value is -3.46. The van der Waals surface area contributed by atoms with Crippen molar-refractivity contribution in [3.63, 3.8) is 0 Å². The number of hydrogen-bond donors (Lipinski definition) is 2. The van der Waals surface area contributed by atoms with E-state index in [1.807, 2.05) is 0 Å². The molecular weight excluding hydrogens is 396 g/mol. The van der Waals surface area contributed by atoms with E-state index in [0.29, 0.717) is 32.9 Å². The summed E-state index contributed by atoms with van der Waals surface area (Å²) in [7, 11) is 4.53. The van der Waals surface area contributed by atoms with Crippen molar-refractivity contribution in [2.24, 2.45) is 4.99 Å². The smallest absolute Gasteiger partial charge is 0.337 e. The average Bonchev–Trinajstić information content (AvgIpc) is 3.05. The minimum Gasteiger partial charge on any atom is -0.493 e. The Morgan fingerprint density at radius 1 is 1.10 bits per heavy atom. The zero-order chi connectivity index (χ0) is 21.0. The highest BCUT2D eigenvalue weighted by molar-refractivity contribution is 8.18. The van der Waals surface area contributed by atoms with Gasteiger partial charge in [-0.3, -0.25) is 4.79 Å². The van der Waals surface area contributed by atoms with Crippen LogP contribution in [0.4, 0.5) is 5.69 Å². The maximum atomic E-state index is 12.3. The molecule has 0 radical (unpaired) electrons. The molecule has 9 heteroatoms. The summed E-state index contributed by atoms with van der Waals surface area (Å²) < 4.78 is 15.9. The molecule has 2 aromatic rings. The van der Waals surface area contributed by atoms with Gasteiger partial charge in [0.25, 0.3) is 5.91 Å². The number of para-hydroxylation sites is 1. The number of carbonyl (C=O) groups is 2. The molecule has 3 rings (SSSR count). The number of aromatic carboxylic acids is 1. The zero-order valence-corrected chi connectivity index (χ0v) is 16.7. The average molecular weight is 414 g/mol. The summed E-state index contributed by atoms with van der Waals surface area (Å²) in [6.07, 6.45) is 1.66. The monoisotopic (exact) mass is 414 g/mol. The van der Waals surface area contributed by atoms with Crippen LogP contribution in [0.1, 0.15) is 15.9 Å². The third-order valence-electron chi connectivity index (χ3n) is 3.99. The Balaban J connectivity index is 1.93. The number of rotatable bonds is 6. The number of nitrogens with zero attached hydrogens (tertiary/aromatic N) is 1. The Morgan fingerprint density at radius 3 is 2.34 bits per heavy atom. The van der Waals surface area contributed by atoms with Crippen molar-refractivity contribution in [2.75, 3.05) is 21.3 Å². The molecule has 0 aromatic heterocycles. The summed E-state index contributed by atoms with van der Waals surface area (Å²) in [5, 5.41) is 12.2. The number of carboxylic acid groups (broad SMARTS) is 1. The van der Waals surface area contributed by atoms with E-state index in [1.165, 1.54) is 27.4 Å². The van der Waals surface area contributed by atoms with Crippen molar-refractivity contribution >= 4 is 40.6 Å². The van der Waals surface area contributed by atoms with Gasteiger partial charge in [-0.15, -0.1) is 0 Å². The lowest BCUT2D eigenvalue weighted by Crippen LogP contribution is -2.19. The van der Waals surface area contributed by atoms with Crippen LogP contribution in [-0.2, 0) is 4.79 Å². The van der Waals surface area contributed by atoms with E-state index < -0.39 is 5.97 Å². The van der Waals surface area contributed by atoms with Gasteiger partial charge in [0.2, 0.25) is 5.75 Å². The maximum Gasteiger partial charge on any atom is 0.337 e. The molecule has 0 aliphatic carbocycles. The number of amides is 1. The first-order valence-electron chi connectivity index (χ1n) is 8.38. The molecule has 0 atom stereocenters. The van der Waals surface area contributed by atoms with Gasteiger partial charge in [0.15, 0.2) is 16.7 Å². The molecule has 150 valence electrons. The Morgan fingerprint density at radius 2 is 1.76 bits per heavy atom. The van der Waals surface area contributed by atoms with Gasteiger partial charge in [0.05, 0.1) is 37.5 Å². The van der Waals surface area contributed by atoms with E-state index in [2.05, 4.69) is 10.3 Å². The number of nitrogens with one attached hydrogen (secondary N) is 1. The van der Waals surface area contributed by atoms with E-state index in [1.54, 1.807) is 36.4 Å². The van der Waals surface area contributed by atoms with E-state index in [9.17, 15) is 14.7 Å². The fourth-order valence-electron chi connectivity index (χ4n) is 2.68. The summed E-state index contributed by atoms with van der Waals surface area (Å²) in [6, 6.07) is 9.76. The Bertz CT molecular complexity index is 1010. The molecule has 0 bridgehead atoms. The van der Waals surface area contributed by atoms with Gasteiger partial charge in [-0.2, -0.15) is 0 Å². The summed E-state index contributed by atoms with van der Waals surface area (Å²) >= 11 is 1.11. The predicted octanol–water partition coefficient (Wildman–Crippen LogP) is 3.30. The molecule has 1 aliphatic rings. The molecule has 1 heterocycles. The maximum absolute atomic E-state index is 12.3. The summed E-state index contributed by atoms with van der Waals surface area (Å²) in [5.41, 5.74) is 0.984. The Kier molecular flexibility index (Phi) is 6.08. The summed E-state index contributed by atoms with van der Waals surface area (Å²) in [4.78, 5) is 28.3. The first-order valence-corrected chi connectivity index (χ1v) is 9.20. The topological polar surface area (TPSA) is 106 Å². The minimum atomic E-state index is -1.09. The largest absolute Gasteiger partial charge is 0.493 e. The third-order valence-corrected chi connectivity index (χ3v) is 4.90. The number of hydrogen-bond acceptors (Lipinski definition) is 7. The molecule has 8 nitrogen and oxygen atoms in total. The molecule has 1 fully saturated rings. The fraction of sp³-hybridized carbons (Fsp3) is 0.150. The van der Waals surface area contributed by atoms with Crippen molar-refractivity contribution in [2.45, 2.75) is 0 Å². The van der Waals surface area contributed by atoms with E-state index in [-0.39, 0.29) is 17.2 Å². The highest BCUT2D eigenvalue weighted by Crippen LogP contribution is 2.39. The first-order chi connectivity index (χ1) is 14.0. The molecule has 0 unspecified atom stereocenters. The highest BCUT2D eigenvalue weighted by atomic mass is 32.2. The third kappa shape index (κ3) is 4.35. The van der Waals surface area contributed by atoms with Crippen LogP contribution in [0.15, 0.2) is 46.3 Å². The van der Waals surface area contributed by atoms with Crippen LogP contribution in [0.2, 0.25) is 0 Å². The Labute approximate surface area is 171 Å². The number of ether oxygens (including phenoxy) is 3. The normalized spacial score (nSPS) is 16.0. The number of aliphatic imine (C=N–C) groups is 1. The van der Waals surface area contributed by atoms with Gasteiger partial charge in [0, 0.05) is 0 Å². The van der Waals surface area contributed by atoms with Crippen molar-refractivity contribution < 1.29 is 28.9 Å². The SMILES string of the molecule is COc1cc(/C=C2\SC(=Nc3ccccc3C(=O)O)NC2=O)cc(OC)c1OC. The zero-order valence-electron chi connectivity index (χ0n) is 15.9. The molecule has 0 saturated carbocycles. The number of amidine groups is 1. The van der Waals surface area contributed by atoms with Gasteiger partial charge >= 0.3 is 5.97 Å². The van der Waals surface area contributed by atoms with Gasteiger partial charge in [-0.05, 0) is 47.7 Å². The van der Waals surface area contributed by atoms with Crippen LogP contribution < -0.4 is 19.5 Å². The van der Waals surface area contributed by atoms with Crippen LogP contribution in [0.5, 0.6) is 17.2 Å². The molecule has 1 saturated heterocycles. The van der Waals surface area contributed by atoms with Gasteiger partial charge in [0.1, 0.15) is 0 Å². The van der Waals surface area contributed by atoms with Crippen molar-refractivity contribution in [3.05, 3.63) is 52.4 Å². The van der Waals surface area contributed by atoms with E-state index in [0.717, 1.165) is 11.8 Å². The summed E-state index contributed by atoms with van der Waals surface area (Å²) in [6.45, 7) is 0. The van der Waals surface area contributed by atoms with Crippen LogP contribution in [0, 0.1) is 0 Å². The number of methoxy groups -OCH3 is 3. The second-order valence-electron chi connectivity index (χ2n) is 5.76. The van der Waals surface area contributed by atoms with Crippen molar-refractivity contribution in [1.82, 2.24) is 5.32 Å². The molecule has 0 spiro atoms. The molecule has 29 heavy (non-hydrogen) atoms. The minimum absolute atomic E-state index is 0.0527. The lowest BCUT2D eigenvalue weighted by molar-refractivity contribution is -0.115. The molecule has 1 amide bonds. The molecule has 2 aromatic carbocycles. The highest BCUT2D eigenvalue weighted by Gasteiger charge is 2.25. The molecule has 2 N–H and O–H groups in total. The van der Waals surface area contributed by atoms with E-state index >= 15 is 0 Å². The molecule has 1 aliphatic heterocycles. The lowest BCUT2D eigenvalue weighted by atomic mass is 10.1. The number of thioether (sulfide) groups is 1. The van der Waals surface area contributed by atoms with Gasteiger partial charge < -0.3 is 24.6 Å².